The lowest BCUT2D eigenvalue weighted by atomic mass is 9.60. The molecule has 2 fully saturated rings. The van der Waals surface area contributed by atoms with E-state index in [-0.39, 0.29) is 11.6 Å². The number of rotatable bonds is 8. The second-order valence-electron chi connectivity index (χ2n) is 14.2. The van der Waals surface area contributed by atoms with Crippen molar-refractivity contribution in [3.8, 4) is 0 Å². The summed E-state index contributed by atoms with van der Waals surface area (Å²) in [5.74, 6) is 2.15. The Labute approximate surface area is 293 Å². The zero-order chi connectivity index (χ0) is 35.4. The summed E-state index contributed by atoms with van der Waals surface area (Å²) in [6, 6.07) is 17.6. The number of hydrogen-bond donors (Lipinski definition) is 2. The molecule has 0 heterocycles. The fourth-order valence-electron chi connectivity index (χ4n) is 8.39. The van der Waals surface area contributed by atoms with E-state index >= 15 is 0 Å². The van der Waals surface area contributed by atoms with E-state index < -0.39 is 6.18 Å². The van der Waals surface area contributed by atoms with E-state index in [0.717, 1.165) is 16.6 Å². The Morgan fingerprint density at radius 2 is 1.81 bits per heavy atom. The maximum absolute atomic E-state index is 10.9. The van der Waals surface area contributed by atoms with Crippen LogP contribution < -0.4 is 11.1 Å². The molecule has 264 valence electrons. The maximum atomic E-state index is 10.9. The van der Waals surface area contributed by atoms with Gasteiger partial charge in [-0.25, -0.2) is 0 Å². The molecular formula is C42H58ClF3N2. The summed E-state index contributed by atoms with van der Waals surface area (Å²) >= 11 is 6.29. The van der Waals surface area contributed by atoms with Gasteiger partial charge in [-0.05, 0) is 148 Å². The molecule has 0 radical (unpaired) electrons. The molecule has 0 amide bonds. The summed E-state index contributed by atoms with van der Waals surface area (Å²) in [4.78, 5) is 0. The van der Waals surface area contributed by atoms with Gasteiger partial charge in [0.25, 0.3) is 0 Å². The van der Waals surface area contributed by atoms with Gasteiger partial charge in [0.05, 0.1) is 6.08 Å². The second-order valence-corrected chi connectivity index (χ2v) is 14.7. The Hall–Kier alpha value is -2.88. The Morgan fingerprint density at radius 1 is 1.10 bits per heavy atom. The van der Waals surface area contributed by atoms with E-state index in [4.69, 9.17) is 17.3 Å². The minimum atomic E-state index is -4.25. The zero-order valence-corrected chi connectivity index (χ0v) is 30.6. The fraction of sp³-hybridized carbons (Fsp3) is 0.548. The minimum Gasteiger partial charge on any atom is -0.405 e. The van der Waals surface area contributed by atoms with Crippen molar-refractivity contribution in [3.05, 3.63) is 106 Å². The van der Waals surface area contributed by atoms with Crippen LogP contribution in [-0.2, 0) is 11.8 Å². The lowest BCUT2D eigenvalue weighted by Gasteiger charge is -2.48. The summed E-state index contributed by atoms with van der Waals surface area (Å²) in [5, 5.41) is 4.66. The molecule has 3 atom stereocenters. The van der Waals surface area contributed by atoms with Crippen LogP contribution in [-0.4, -0.2) is 11.7 Å². The van der Waals surface area contributed by atoms with E-state index in [1.165, 1.54) is 82.6 Å². The number of benzene rings is 2. The van der Waals surface area contributed by atoms with Crippen LogP contribution in [0, 0.1) is 17.8 Å². The van der Waals surface area contributed by atoms with Gasteiger partial charge in [-0.3, -0.25) is 0 Å². The van der Waals surface area contributed by atoms with E-state index in [9.17, 15) is 13.2 Å². The smallest absolute Gasteiger partial charge is 0.405 e. The fourth-order valence-corrected chi connectivity index (χ4v) is 8.58. The highest BCUT2D eigenvalue weighted by atomic mass is 35.5. The van der Waals surface area contributed by atoms with Gasteiger partial charge >= 0.3 is 6.18 Å². The van der Waals surface area contributed by atoms with Crippen LogP contribution in [0.25, 0.3) is 0 Å². The SMILES string of the molecule is C=C=CC(F)(F)F.CC.CC(CCC(/C=C\N)=C1/CCCCC1C)CC1Cc2ccccc2C12CCC(C)(Nc1cccc(Cl)c1)CC2. The first kappa shape index (κ1) is 39.6. The molecule has 3 aliphatic carbocycles. The van der Waals surface area contributed by atoms with Gasteiger partial charge in [0.2, 0.25) is 0 Å². The topological polar surface area (TPSA) is 38.0 Å². The van der Waals surface area contributed by atoms with Crippen LogP contribution in [0.3, 0.4) is 0 Å². The minimum absolute atomic E-state index is 0.0486. The van der Waals surface area contributed by atoms with Crippen molar-refractivity contribution in [3.63, 3.8) is 0 Å². The molecular weight excluding hydrogens is 625 g/mol. The Bertz CT molecular complexity index is 1410. The van der Waals surface area contributed by atoms with Crippen LogP contribution in [0.4, 0.5) is 18.9 Å². The highest BCUT2D eigenvalue weighted by Gasteiger charge is 2.50. The zero-order valence-electron chi connectivity index (χ0n) is 29.9. The lowest BCUT2D eigenvalue weighted by Crippen LogP contribution is -2.46. The van der Waals surface area contributed by atoms with Crippen molar-refractivity contribution < 1.29 is 13.2 Å². The van der Waals surface area contributed by atoms with Crippen LogP contribution in [0.1, 0.15) is 116 Å². The van der Waals surface area contributed by atoms with E-state index in [0.29, 0.717) is 17.3 Å². The quantitative estimate of drug-likeness (QED) is 0.272. The van der Waals surface area contributed by atoms with Crippen LogP contribution >= 0.6 is 11.6 Å². The van der Waals surface area contributed by atoms with Crippen LogP contribution in [0.5, 0.6) is 0 Å². The molecule has 0 bridgehead atoms. The van der Waals surface area contributed by atoms with E-state index in [1.807, 2.05) is 26.0 Å². The first-order valence-electron chi connectivity index (χ1n) is 18.0. The number of alkyl halides is 3. The van der Waals surface area contributed by atoms with Crippen molar-refractivity contribution in [1.29, 1.82) is 0 Å². The molecule has 0 saturated heterocycles. The third-order valence-corrected chi connectivity index (χ3v) is 11.1. The number of fused-ring (bicyclic) bond motifs is 2. The molecule has 5 rings (SSSR count). The average Bonchev–Trinajstić information content (AvgIpc) is 3.34. The van der Waals surface area contributed by atoms with Crippen molar-refractivity contribution in [2.75, 3.05) is 5.32 Å². The summed E-state index contributed by atoms with van der Waals surface area (Å²) < 4.78 is 32.7. The number of allylic oxidation sites excluding steroid dienone is 4. The monoisotopic (exact) mass is 682 g/mol. The summed E-state index contributed by atoms with van der Waals surface area (Å²) in [7, 11) is 0. The first-order valence-corrected chi connectivity index (χ1v) is 18.4. The Morgan fingerprint density at radius 3 is 2.42 bits per heavy atom. The van der Waals surface area contributed by atoms with Crippen molar-refractivity contribution >= 4 is 17.3 Å². The highest BCUT2D eigenvalue weighted by Crippen LogP contribution is 2.56. The molecule has 2 saturated carbocycles. The van der Waals surface area contributed by atoms with Gasteiger partial charge in [-0.1, -0.05) is 88.2 Å². The highest BCUT2D eigenvalue weighted by molar-refractivity contribution is 6.30. The van der Waals surface area contributed by atoms with Crippen molar-refractivity contribution in [2.24, 2.45) is 23.5 Å². The molecule has 2 nitrogen and oxygen atoms in total. The third kappa shape index (κ3) is 10.8. The number of hydrogen-bond acceptors (Lipinski definition) is 2. The number of anilines is 1. The van der Waals surface area contributed by atoms with Gasteiger partial charge in [0.15, 0.2) is 0 Å². The van der Waals surface area contributed by atoms with Gasteiger partial charge in [0, 0.05) is 16.2 Å². The van der Waals surface area contributed by atoms with E-state index in [2.05, 4.69) is 75.1 Å². The van der Waals surface area contributed by atoms with Crippen LogP contribution in [0.2, 0.25) is 5.02 Å². The standard InChI is InChI=1S/C36H49ClN2.C4H3F3.C2H6/c1-26(15-16-28(17-22-38)33-13-6-4-9-27(33)2)23-30-24-29-10-5-7-14-34(29)36(30)20-18-35(3,19-21-36)39-32-12-8-11-31(37)25-32;1-2-3-4(5,6)7;1-2/h5,7-8,10-12,14,17,22,25-27,30,39H,4,6,9,13,15-16,18-21,23-24,38H2,1-3H3;3H,1H2;1-2H3/b22-17-,33-28+;;. The summed E-state index contributed by atoms with van der Waals surface area (Å²) in [6.07, 6.45) is 14.9. The molecule has 3 aliphatic rings. The molecule has 0 aliphatic heterocycles. The molecule has 1 spiro atoms. The third-order valence-electron chi connectivity index (χ3n) is 10.8. The molecule has 3 unspecified atom stereocenters. The maximum Gasteiger partial charge on any atom is 0.416 e. The van der Waals surface area contributed by atoms with Crippen LogP contribution in [0.15, 0.2) is 90.3 Å². The number of halogens is 4. The Kier molecular flexibility index (Phi) is 15.0. The normalized spacial score (nSPS) is 26.7. The van der Waals surface area contributed by atoms with Gasteiger partial charge in [-0.2, -0.15) is 13.2 Å². The molecule has 48 heavy (non-hydrogen) atoms. The summed E-state index contributed by atoms with van der Waals surface area (Å²) in [5.41, 5.74) is 15.5. The number of nitrogens with two attached hydrogens (primary N) is 1. The molecule has 6 heteroatoms. The lowest BCUT2D eigenvalue weighted by molar-refractivity contribution is -0.0796. The summed E-state index contributed by atoms with van der Waals surface area (Å²) in [6.45, 7) is 14.1. The predicted octanol–water partition coefficient (Wildman–Crippen LogP) is 12.9. The average molecular weight is 683 g/mol. The van der Waals surface area contributed by atoms with Crippen molar-refractivity contribution in [1.82, 2.24) is 0 Å². The van der Waals surface area contributed by atoms with Gasteiger partial charge in [0.1, 0.15) is 0 Å². The predicted molar refractivity (Wildman–Crippen MR) is 199 cm³/mol. The molecule has 2 aromatic carbocycles. The van der Waals surface area contributed by atoms with Gasteiger partial charge in [-0.15, -0.1) is 5.73 Å². The number of nitrogens with one attached hydrogen (secondary N) is 1. The molecule has 0 aromatic heterocycles. The molecule has 2 aromatic rings. The van der Waals surface area contributed by atoms with E-state index in [1.54, 1.807) is 28.6 Å². The second kappa shape index (κ2) is 18.2. The van der Waals surface area contributed by atoms with Crippen molar-refractivity contribution in [2.45, 2.75) is 129 Å². The largest absolute Gasteiger partial charge is 0.416 e. The van der Waals surface area contributed by atoms with Gasteiger partial charge < -0.3 is 11.1 Å². The first-order chi connectivity index (χ1) is 22.9. The molecule has 3 N–H and O–H groups in total. The Balaban J connectivity index is 0.000000618.